The number of nitrogens with one attached hydrogen (secondary N) is 1. The number of hydrogen-bond acceptors (Lipinski definition) is 5. The Bertz CT molecular complexity index is 898. The average Bonchev–Trinajstić information content (AvgIpc) is 2.68. The Morgan fingerprint density at radius 2 is 1.96 bits per heavy atom. The minimum atomic E-state index is -0.809. The molecule has 0 spiro atoms. The van der Waals surface area contributed by atoms with E-state index in [-0.39, 0.29) is 35.7 Å². The normalized spacial score (nSPS) is 15.8. The third-order valence-corrected chi connectivity index (χ3v) is 4.45. The summed E-state index contributed by atoms with van der Waals surface area (Å²) in [6, 6.07) is 13.4. The number of ether oxygens (including phenoxy) is 1. The highest BCUT2D eigenvalue weighted by Gasteiger charge is 2.37. The van der Waals surface area contributed by atoms with Crippen molar-refractivity contribution >= 4 is 23.2 Å². The van der Waals surface area contributed by atoms with Gasteiger partial charge in [0.05, 0.1) is 16.7 Å². The van der Waals surface area contributed by atoms with E-state index in [2.05, 4.69) is 5.32 Å². The summed E-state index contributed by atoms with van der Waals surface area (Å²) in [5.41, 5.74) is 1.16. The Morgan fingerprint density at radius 3 is 2.61 bits per heavy atom. The van der Waals surface area contributed by atoms with Gasteiger partial charge in [0.25, 0.3) is 11.6 Å². The van der Waals surface area contributed by atoms with Crippen molar-refractivity contribution in [2.24, 2.45) is 5.92 Å². The topological polar surface area (TPSA) is 102 Å². The monoisotopic (exact) mass is 383 g/mol. The second-order valence-electron chi connectivity index (χ2n) is 6.88. The number of carbonyl (C=O) groups excluding carboxylic acids is 2. The summed E-state index contributed by atoms with van der Waals surface area (Å²) in [6.07, 6.45) is -0.809. The Kier molecular flexibility index (Phi) is 5.58. The quantitative estimate of drug-likeness (QED) is 0.610. The zero-order chi connectivity index (χ0) is 20.3. The molecule has 1 aliphatic heterocycles. The Balaban J connectivity index is 1.81. The molecule has 0 saturated carbocycles. The van der Waals surface area contributed by atoms with Crippen LogP contribution in [0.4, 0.5) is 11.4 Å². The molecule has 3 rings (SSSR count). The van der Waals surface area contributed by atoms with Crippen molar-refractivity contribution in [3.8, 4) is 5.75 Å². The van der Waals surface area contributed by atoms with E-state index in [9.17, 15) is 19.7 Å². The van der Waals surface area contributed by atoms with Gasteiger partial charge in [-0.3, -0.25) is 24.6 Å². The number of nitro groups is 1. The second-order valence-corrected chi connectivity index (χ2v) is 6.88. The van der Waals surface area contributed by atoms with Crippen LogP contribution in [-0.4, -0.2) is 29.4 Å². The van der Waals surface area contributed by atoms with Crippen LogP contribution >= 0.6 is 0 Å². The summed E-state index contributed by atoms with van der Waals surface area (Å²) in [4.78, 5) is 37.1. The van der Waals surface area contributed by atoms with Gasteiger partial charge in [0.15, 0.2) is 11.9 Å². The summed E-state index contributed by atoms with van der Waals surface area (Å²) < 4.78 is 5.71. The first-order chi connectivity index (χ1) is 13.4. The van der Waals surface area contributed by atoms with Crippen molar-refractivity contribution < 1.29 is 19.2 Å². The van der Waals surface area contributed by atoms with Crippen LogP contribution < -0.4 is 15.0 Å². The molecular weight excluding hydrogens is 362 g/mol. The van der Waals surface area contributed by atoms with Gasteiger partial charge in [-0.05, 0) is 17.5 Å². The number of nitro benzene ring substituents is 1. The van der Waals surface area contributed by atoms with Crippen LogP contribution in [0.5, 0.6) is 5.75 Å². The van der Waals surface area contributed by atoms with Crippen LogP contribution in [0.1, 0.15) is 19.4 Å². The summed E-state index contributed by atoms with van der Waals surface area (Å²) in [5.74, 6) is -0.602. The number of nitrogens with zero attached hydrogens (tertiary/aromatic N) is 2. The lowest BCUT2D eigenvalue weighted by Crippen LogP contribution is -2.51. The van der Waals surface area contributed by atoms with Crippen LogP contribution in [0.15, 0.2) is 48.5 Å². The van der Waals surface area contributed by atoms with Gasteiger partial charge in [0.2, 0.25) is 5.91 Å². The van der Waals surface area contributed by atoms with Gasteiger partial charge in [-0.15, -0.1) is 0 Å². The molecule has 1 aliphatic rings. The van der Waals surface area contributed by atoms with E-state index in [1.54, 1.807) is 0 Å². The number of anilines is 1. The van der Waals surface area contributed by atoms with E-state index in [0.29, 0.717) is 12.2 Å². The van der Waals surface area contributed by atoms with Gasteiger partial charge >= 0.3 is 0 Å². The molecule has 0 saturated heterocycles. The van der Waals surface area contributed by atoms with Crippen LogP contribution in [0, 0.1) is 16.0 Å². The van der Waals surface area contributed by atoms with Gasteiger partial charge in [-0.2, -0.15) is 0 Å². The average molecular weight is 383 g/mol. The number of fused-ring (bicyclic) bond motifs is 1. The molecule has 1 atom stereocenters. The van der Waals surface area contributed by atoms with Crippen molar-refractivity contribution in [2.75, 3.05) is 11.4 Å². The number of non-ortho nitro benzene ring substituents is 1. The Labute approximate surface area is 162 Å². The second kappa shape index (κ2) is 8.08. The van der Waals surface area contributed by atoms with Gasteiger partial charge in [-0.25, -0.2) is 0 Å². The molecule has 2 amide bonds. The zero-order valence-electron chi connectivity index (χ0n) is 15.6. The summed E-state index contributed by atoms with van der Waals surface area (Å²) >= 11 is 0. The molecule has 0 fully saturated rings. The Hall–Kier alpha value is -3.42. The van der Waals surface area contributed by atoms with Gasteiger partial charge in [0.1, 0.15) is 6.54 Å². The van der Waals surface area contributed by atoms with Crippen LogP contribution in [-0.2, 0) is 16.1 Å². The minimum absolute atomic E-state index is 0.135. The van der Waals surface area contributed by atoms with Crippen molar-refractivity contribution in [1.82, 2.24) is 5.32 Å². The van der Waals surface area contributed by atoms with E-state index < -0.39 is 11.0 Å². The number of amides is 2. The van der Waals surface area contributed by atoms with Crippen LogP contribution in [0.25, 0.3) is 0 Å². The first-order valence-corrected chi connectivity index (χ1v) is 8.94. The van der Waals surface area contributed by atoms with Crippen LogP contribution in [0.3, 0.4) is 0 Å². The minimum Gasteiger partial charge on any atom is -0.478 e. The van der Waals surface area contributed by atoms with Gasteiger partial charge in [-0.1, -0.05) is 44.2 Å². The lowest BCUT2D eigenvalue weighted by Gasteiger charge is -2.35. The zero-order valence-corrected chi connectivity index (χ0v) is 15.6. The molecular formula is C20H21N3O5. The molecule has 2 aromatic rings. The van der Waals surface area contributed by atoms with Crippen molar-refractivity contribution in [3.63, 3.8) is 0 Å². The standard InChI is InChI=1S/C20H21N3O5/c1-13(2)19-20(25)22(12-18(24)21-11-14-6-4-3-5-7-14)16-9-8-15(23(26)27)10-17(16)28-19/h3-10,13,19H,11-12H2,1-2H3,(H,21,24). The van der Waals surface area contributed by atoms with E-state index in [4.69, 9.17) is 4.74 Å². The molecule has 1 unspecified atom stereocenters. The van der Waals surface area contributed by atoms with Crippen molar-refractivity contribution in [3.05, 3.63) is 64.2 Å². The first-order valence-electron chi connectivity index (χ1n) is 8.94. The molecule has 0 bridgehead atoms. The number of benzene rings is 2. The highest BCUT2D eigenvalue weighted by molar-refractivity contribution is 6.04. The molecule has 28 heavy (non-hydrogen) atoms. The SMILES string of the molecule is CC(C)C1Oc2cc([N+](=O)[O-])ccc2N(CC(=O)NCc2ccccc2)C1=O. The summed E-state index contributed by atoms with van der Waals surface area (Å²) in [5, 5.41) is 13.8. The molecule has 8 nitrogen and oxygen atoms in total. The van der Waals surface area contributed by atoms with Gasteiger partial charge in [0, 0.05) is 12.6 Å². The number of hydrogen-bond donors (Lipinski definition) is 1. The van der Waals surface area contributed by atoms with E-state index >= 15 is 0 Å². The van der Waals surface area contributed by atoms with Crippen molar-refractivity contribution in [1.29, 1.82) is 0 Å². The lowest BCUT2D eigenvalue weighted by atomic mass is 10.0. The maximum Gasteiger partial charge on any atom is 0.273 e. The predicted octanol–water partition coefficient (Wildman–Crippen LogP) is 2.66. The number of rotatable bonds is 6. The largest absolute Gasteiger partial charge is 0.478 e. The summed E-state index contributed by atoms with van der Waals surface area (Å²) in [7, 11) is 0. The fraction of sp³-hybridized carbons (Fsp3) is 0.300. The maximum atomic E-state index is 12.8. The molecule has 0 aliphatic carbocycles. The first kappa shape index (κ1) is 19.3. The highest BCUT2D eigenvalue weighted by Crippen LogP contribution is 2.38. The molecule has 8 heteroatoms. The summed E-state index contributed by atoms with van der Waals surface area (Å²) in [6.45, 7) is 3.79. The van der Waals surface area contributed by atoms with Crippen molar-refractivity contribution in [2.45, 2.75) is 26.5 Å². The maximum absolute atomic E-state index is 12.8. The van der Waals surface area contributed by atoms with E-state index in [1.807, 2.05) is 44.2 Å². The third-order valence-electron chi connectivity index (χ3n) is 4.45. The molecule has 1 N–H and O–H groups in total. The number of carbonyl (C=O) groups is 2. The Morgan fingerprint density at radius 1 is 1.25 bits per heavy atom. The lowest BCUT2D eigenvalue weighted by molar-refractivity contribution is -0.384. The van der Waals surface area contributed by atoms with Crippen LogP contribution in [0.2, 0.25) is 0 Å². The van der Waals surface area contributed by atoms with Gasteiger partial charge < -0.3 is 10.1 Å². The predicted molar refractivity (Wildman–Crippen MR) is 103 cm³/mol. The smallest absolute Gasteiger partial charge is 0.273 e. The highest BCUT2D eigenvalue weighted by atomic mass is 16.6. The van der Waals surface area contributed by atoms with E-state index in [0.717, 1.165) is 5.56 Å². The molecule has 0 radical (unpaired) electrons. The third kappa shape index (κ3) is 4.11. The molecule has 2 aromatic carbocycles. The molecule has 0 aromatic heterocycles. The van der Waals surface area contributed by atoms with E-state index in [1.165, 1.54) is 23.1 Å². The fourth-order valence-electron chi connectivity index (χ4n) is 2.97. The fourth-order valence-corrected chi connectivity index (χ4v) is 2.97. The molecule has 146 valence electrons. The molecule has 1 heterocycles.